The summed E-state index contributed by atoms with van der Waals surface area (Å²) in [6.07, 6.45) is 2.18. The Morgan fingerprint density at radius 1 is 1.33 bits per heavy atom. The van der Waals surface area contributed by atoms with E-state index in [1.165, 1.54) is 4.31 Å². The van der Waals surface area contributed by atoms with Crippen molar-refractivity contribution in [2.24, 2.45) is 5.41 Å². The van der Waals surface area contributed by atoms with Gasteiger partial charge in [-0.1, -0.05) is 20.8 Å². The summed E-state index contributed by atoms with van der Waals surface area (Å²) in [5.74, 6) is 0. The zero-order valence-electron chi connectivity index (χ0n) is 11.5. The van der Waals surface area contributed by atoms with E-state index in [1.54, 1.807) is 0 Å². The van der Waals surface area contributed by atoms with Gasteiger partial charge < -0.3 is 5.32 Å². The molecule has 110 valence electrons. The number of nitrogens with zero attached hydrogens (tertiary/aromatic N) is 1. The predicted octanol–water partition coefficient (Wildman–Crippen LogP) is 0.974. The fourth-order valence-electron chi connectivity index (χ4n) is 2.19. The van der Waals surface area contributed by atoms with Crippen molar-refractivity contribution in [2.45, 2.75) is 33.6 Å². The second-order valence-electron chi connectivity index (χ2n) is 5.00. The van der Waals surface area contributed by atoms with Gasteiger partial charge in [-0.05, 0) is 24.8 Å². The average molecular weight is 300 g/mol. The molecule has 0 spiro atoms. The van der Waals surface area contributed by atoms with Crippen LogP contribution in [0.1, 0.15) is 33.6 Å². The van der Waals surface area contributed by atoms with Crippen molar-refractivity contribution >= 4 is 22.6 Å². The van der Waals surface area contributed by atoms with Gasteiger partial charge in [0.25, 0.3) is 10.2 Å². The molecule has 18 heavy (non-hydrogen) atoms. The van der Waals surface area contributed by atoms with Crippen LogP contribution in [0.3, 0.4) is 0 Å². The zero-order valence-corrected chi connectivity index (χ0v) is 13.2. The highest BCUT2D eigenvalue weighted by molar-refractivity contribution is 7.87. The summed E-state index contributed by atoms with van der Waals surface area (Å²) in [6, 6.07) is 0. The normalized spacial score (nSPS) is 24.9. The zero-order chi connectivity index (χ0) is 12.9. The number of hydrogen-bond acceptors (Lipinski definition) is 3. The van der Waals surface area contributed by atoms with Crippen molar-refractivity contribution in [3.05, 3.63) is 0 Å². The van der Waals surface area contributed by atoms with Gasteiger partial charge in [0, 0.05) is 26.2 Å². The molecule has 1 heterocycles. The van der Waals surface area contributed by atoms with Gasteiger partial charge in [0.05, 0.1) is 0 Å². The summed E-state index contributed by atoms with van der Waals surface area (Å²) in [6.45, 7) is 9.30. The summed E-state index contributed by atoms with van der Waals surface area (Å²) >= 11 is 0. The van der Waals surface area contributed by atoms with Gasteiger partial charge in [0.15, 0.2) is 0 Å². The van der Waals surface area contributed by atoms with Crippen molar-refractivity contribution in [3.8, 4) is 0 Å². The lowest BCUT2D eigenvalue weighted by atomic mass is 9.83. The molecule has 2 N–H and O–H groups in total. The lowest BCUT2D eigenvalue weighted by molar-refractivity contribution is 0.237. The number of rotatable bonds is 6. The molecule has 1 aliphatic rings. The fraction of sp³-hybridized carbons (Fsp3) is 1.00. The number of piperidine rings is 1. The highest BCUT2D eigenvalue weighted by Gasteiger charge is 2.29. The van der Waals surface area contributed by atoms with Crippen LogP contribution in [0.25, 0.3) is 0 Å². The van der Waals surface area contributed by atoms with Crippen LogP contribution in [-0.4, -0.2) is 45.4 Å². The standard InChI is InChI=1S/C11H25N3O2S.ClH/c1-4-14(5-2)17(15,16)13-10-11(3)7-6-8-12-9-11;/h12-13H,4-10H2,1-3H3;1H. The van der Waals surface area contributed by atoms with Gasteiger partial charge in [-0.15, -0.1) is 12.4 Å². The van der Waals surface area contributed by atoms with Crippen LogP contribution in [0.4, 0.5) is 0 Å². The minimum atomic E-state index is -3.30. The summed E-state index contributed by atoms with van der Waals surface area (Å²) in [5, 5.41) is 3.32. The molecular weight excluding hydrogens is 274 g/mol. The molecule has 1 unspecified atom stereocenters. The quantitative estimate of drug-likeness (QED) is 0.768. The minimum absolute atomic E-state index is 0. The van der Waals surface area contributed by atoms with Crippen LogP contribution < -0.4 is 10.0 Å². The van der Waals surface area contributed by atoms with Crippen molar-refractivity contribution in [1.82, 2.24) is 14.3 Å². The molecule has 0 amide bonds. The van der Waals surface area contributed by atoms with Crippen LogP contribution in [0.5, 0.6) is 0 Å². The first-order valence-electron chi connectivity index (χ1n) is 6.39. The number of hydrogen-bond donors (Lipinski definition) is 2. The van der Waals surface area contributed by atoms with E-state index >= 15 is 0 Å². The van der Waals surface area contributed by atoms with E-state index in [1.807, 2.05) is 13.8 Å². The first-order valence-corrected chi connectivity index (χ1v) is 7.83. The third-order valence-electron chi connectivity index (χ3n) is 3.41. The highest BCUT2D eigenvalue weighted by Crippen LogP contribution is 2.24. The summed E-state index contributed by atoms with van der Waals surface area (Å²) < 4.78 is 28.1. The van der Waals surface area contributed by atoms with E-state index < -0.39 is 10.2 Å². The second kappa shape index (κ2) is 7.65. The van der Waals surface area contributed by atoms with Gasteiger partial charge in [-0.2, -0.15) is 12.7 Å². The highest BCUT2D eigenvalue weighted by atomic mass is 35.5. The fourth-order valence-corrected chi connectivity index (χ4v) is 3.58. The predicted molar refractivity (Wildman–Crippen MR) is 77.3 cm³/mol. The summed E-state index contributed by atoms with van der Waals surface area (Å²) in [7, 11) is -3.30. The van der Waals surface area contributed by atoms with Crippen molar-refractivity contribution in [2.75, 3.05) is 32.7 Å². The van der Waals surface area contributed by atoms with Crippen LogP contribution >= 0.6 is 12.4 Å². The summed E-state index contributed by atoms with van der Waals surface area (Å²) in [4.78, 5) is 0. The maximum Gasteiger partial charge on any atom is 0.279 e. The SMILES string of the molecule is CCN(CC)S(=O)(=O)NCC1(C)CCCNC1.Cl. The molecule has 1 saturated heterocycles. The molecule has 0 aromatic heterocycles. The molecule has 7 heteroatoms. The van der Waals surface area contributed by atoms with Crippen LogP contribution in [0, 0.1) is 5.41 Å². The molecule has 0 aromatic carbocycles. The Morgan fingerprint density at radius 3 is 2.39 bits per heavy atom. The topological polar surface area (TPSA) is 61.4 Å². The Bertz CT molecular complexity index is 325. The Balaban J connectivity index is 0.00000289. The first kappa shape index (κ1) is 18.1. The molecule has 0 radical (unpaired) electrons. The number of nitrogens with one attached hydrogen (secondary N) is 2. The lowest BCUT2D eigenvalue weighted by Gasteiger charge is -2.34. The monoisotopic (exact) mass is 299 g/mol. The Kier molecular flexibility index (Phi) is 7.70. The van der Waals surface area contributed by atoms with Gasteiger partial charge in [-0.3, -0.25) is 0 Å². The molecule has 0 saturated carbocycles. The van der Waals surface area contributed by atoms with Gasteiger partial charge in [0.1, 0.15) is 0 Å². The van der Waals surface area contributed by atoms with Crippen molar-refractivity contribution < 1.29 is 8.42 Å². The largest absolute Gasteiger partial charge is 0.316 e. The maximum absolute atomic E-state index is 12.0. The molecule has 1 atom stereocenters. The molecule has 0 bridgehead atoms. The van der Waals surface area contributed by atoms with Crippen LogP contribution in [-0.2, 0) is 10.2 Å². The molecular formula is C11H26ClN3O2S. The van der Waals surface area contributed by atoms with E-state index in [0.717, 1.165) is 25.9 Å². The molecule has 5 nitrogen and oxygen atoms in total. The van der Waals surface area contributed by atoms with E-state index in [9.17, 15) is 8.42 Å². The first-order chi connectivity index (χ1) is 7.93. The van der Waals surface area contributed by atoms with E-state index in [0.29, 0.717) is 19.6 Å². The third-order valence-corrected chi connectivity index (χ3v) is 5.12. The second-order valence-corrected chi connectivity index (χ2v) is 6.76. The van der Waals surface area contributed by atoms with Gasteiger partial charge in [0.2, 0.25) is 0 Å². The van der Waals surface area contributed by atoms with E-state index in [-0.39, 0.29) is 17.8 Å². The minimum Gasteiger partial charge on any atom is -0.316 e. The van der Waals surface area contributed by atoms with Gasteiger partial charge in [-0.25, -0.2) is 4.72 Å². The van der Waals surface area contributed by atoms with Crippen molar-refractivity contribution in [3.63, 3.8) is 0 Å². The Morgan fingerprint density at radius 2 is 1.94 bits per heavy atom. The Labute approximate surface area is 117 Å². The van der Waals surface area contributed by atoms with Gasteiger partial charge >= 0.3 is 0 Å². The Hall–Kier alpha value is 0.120. The maximum atomic E-state index is 12.0. The van der Waals surface area contributed by atoms with Crippen LogP contribution in [0.2, 0.25) is 0 Å². The smallest absolute Gasteiger partial charge is 0.279 e. The molecule has 1 rings (SSSR count). The van der Waals surface area contributed by atoms with E-state index in [2.05, 4.69) is 17.0 Å². The number of halogens is 1. The van der Waals surface area contributed by atoms with Crippen LogP contribution in [0.15, 0.2) is 0 Å². The lowest BCUT2D eigenvalue weighted by Crippen LogP contribution is -2.49. The van der Waals surface area contributed by atoms with E-state index in [4.69, 9.17) is 0 Å². The molecule has 1 aliphatic heterocycles. The third kappa shape index (κ3) is 5.01. The molecule has 0 aromatic rings. The molecule has 0 aliphatic carbocycles. The molecule has 1 fully saturated rings. The average Bonchev–Trinajstić information content (AvgIpc) is 2.29. The summed E-state index contributed by atoms with van der Waals surface area (Å²) in [5.41, 5.74) is 0.0402. The van der Waals surface area contributed by atoms with Crippen molar-refractivity contribution in [1.29, 1.82) is 0 Å².